The van der Waals surface area contributed by atoms with Gasteiger partial charge in [-0.25, -0.2) is 0 Å². The zero-order valence-electron chi connectivity index (χ0n) is 14.3. The molecule has 2 aromatic carbocycles. The highest BCUT2D eigenvalue weighted by Crippen LogP contribution is 2.26. The van der Waals surface area contributed by atoms with Crippen LogP contribution in [-0.2, 0) is 17.8 Å². The third-order valence-corrected chi connectivity index (χ3v) is 5.43. The molecule has 0 N–H and O–H groups in total. The number of carbonyl (C=O) groups excluding carboxylic acids is 1. The van der Waals surface area contributed by atoms with E-state index in [0.717, 1.165) is 29.9 Å². The molecule has 1 saturated heterocycles. The van der Waals surface area contributed by atoms with Crippen molar-refractivity contribution in [1.82, 2.24) is 9.80 Å². The Morgan fingerprint density at radius 2 is 1.88 bits per heavy atom. The van der Waals surface area contributed by atoms with Crippen molar-refractivity contribution in [3.05, 3.63) is 63.6 Å². The molecule has 0 radical (unpaired) electrons. The van der Waals surface area contributed by atoms with Gasteiger partial charge < -0.3 is 4.90 Å². The summed E-state index contributed by atoms with van der Waals surface area (Å²) in [4.78, 5) is 21.3. The molecular formula is C20H19Cl2N3O. The van der Waals surface area contributed by atoms with Crippen LogP contribution in [0.1, 0.15) is 11.1 Å². The van der Waals surface area contributed by atoms with Gasteiger partial charge in [-0.1, -0.05) is 47.5 Å². The number of hydrogen-bond donors (Lipinski definition) is 0. The molecule has 0 spiro atoms. The fraction of sp³-hybridized carbons (Fsp3) is 0.300. The first-order valence-electron chi connectivity index (χ1n) is 8.67. The van der Waals surface area contributed by atoms with E-state index in [1.54, 1.807) is 6.07 Å². The summed E-state index contributed by atoms with van der Waals surface area (Å²) in [5, 5.41) is 1.27. The van der Waals surface area contributed by atoms with E-state index in [0.29, 0.717) is 36.2 Å². The van der Waals surface area contributed by atoms with Crippen molar-refractivity contribution in [2.75, 3.05) is 26.2 Å². The molecular weight excluding hydrogens is 369 g/mol. The van der Waals surface area contributed by atoms with Crippen molar-refractivity contribution in [3.8, 4) is 0 Å². The Kier molecular flexibility index (Phi) is 4.98. The molecule has 0 saturated carbocycles. The van der Waals surface area contributed by atoms with E-state index in [1.807, 2.05) is 35.2 Å². The molecule has 6 heteroatoms. The number of benzene rings is 2. The van der Waals surface area contributed by atoms with E-state index in [4.69, 9.17) is 23.2 Å². The van der Waals surface area contributed by atoms with Gasteiger partial charge in [-0.05, 0) is 29.3 Å². The predicted molar refractivity (Wildman–Crippen MR) is 106 cm³/mol. The van der Waals surface area contributed by atoms with Crippen LogP contribution in [0.2, 0.25) is 10.0 Å². The molecule has 2 aliphatic heterocycles. The number of nitrogens with zero attached hydrogens (tertiary/aromatic N) is 3. The lowest BCUT2D eigenvalue weighted by Gasteiger charge is -2.34. The number of amides is 1. The Balaban J connectivity index is 1.35. The second-order valence-corrected chi connectivity index (χ2v) is 7.59. The molecule has 0 atom stereocenters. The van der Waals surface area contributed by atoms with Gasteiger partial charge in [0.1, 0.15) is 0 Å². The normalized spacial score (nSPS) is 17.4. The number of rotatable bonds is 4. The van der Waals surface area contributed by atoms with E-state index in [9.17, 15) is 4.79 Å². The molecule has 1 amide bonds. The van der Waals surface area contributed by atoms with Crippen LogP contribution in [0.25, 0.3) is 0 Å². The molecule has 0 aliphatic carbocycles. The molecule has 2 heterocycles. The van der Waals surface area contributed by atoms with Crippen molar-refractivity contribution in [2.45, 2.75) is 13.0 Å². The number of piperazine rings is 1. The van der Waals surface area contributed by atoms with Crippen molar-refractivity contribution in [1.29, 1.82) is 0 Å². The molecule has 0 aromatic heterocycles. The van der Waals surface area contributed by atoms with Gasteiger partial charge in [0, 0.05) is 41.8 Å². The van der Waals surface area contributed by atoms with Crippen LogP contribution in [0.5, 0.6) is 0 Å². The molecule has 134 valence electrons. The predicted octanol–water partition coefficient (Wildman–Crippen LogP) is 3.97. The second-order valence-electron chi connectivity index (χ2n) is 6.75. The van der Waals surface area contributed by atoms with Gasteiger partial charge in [0.2, 0.25) is 5.91 Å². The maximum Gasteiger partial charge on any atom is 0.237 e. The lowest BCUT2D eigenvalue weighted by molar-refractivity contribution is -0.135. The quantitative estimate of drug-likeness (QED) is 0.795. The minimum atomic E-state index is 0.139. The first-order chi connectivity index (χ1) is 12.6. The van der Waals surface area contributed by atoms with Gasteiger partial charge in [-0.15, -0.1) is 0 Å². The Morgan fingerprint density at radius 3 is 2.65 bits per heavy atom. The van der Waals surface area contributed by atoms with E-state index >= 15 is 0 Å². The third-order valence-electron chi connectivity index (χ3n) is 4.84. The zero-order valence-corrected chi connectivity index (χ0v) is 15.8. The van der Waals surface area contributed by atoms with Crippen LogP contribution in [0, 0.1) is 0 Å². The molecule has 4 nitrogen and oxygen atoms in total. The van der Waals surface area contributed by atoms with Crippen LogP contribution < -0.4 is 0 Å². The Labute approximate surface area is 163 Å². The van der Waals surface area contributed by atoms with E-state index in [-0.39, 0.29) is 5.91 Å². The highest BCUT2D eigenvalue weighted by Gasteiger charge is 2.26. The fourth-order valence-electron chi connectivity index (χ4n) is 3.46. The highest BCUT2D eigenvalue weighted by atomic mass is 35.5. The summed E-state index contributed by atoms with van der Waals surface area (Å²) in [5.41, 5.74) is 4.33. The van der Waals surface area contributed by atoms with Crippen LogP contribution in [0.4, 0.5) is 5.69 Å². The summed E-state index contributed by atoms with van der Waals surface area (Å²) in [6.45, 7) is 3.20. The summed E-state index contributed by atoms with van der Waals surface area (Å²) in [5.74, 6) is 0.139. The molecule has 2 aliphatic rings. The number of aliphatic imine (C=N–C) groups is 1. The summed E-state index contributed by atoms with van der Waals surface area (Å²) >= 11 is 12.2. The standard InChI is InChI=1S/C20H19Cl2N3O/c21-16-6-5-15(18(22)10-16)11-24-7-8-25(20(26)13-24)12-17-9-14-3-1-2-4-19(14)23-17/h1-6,10H,7-9,11-13H2. The molecule has 4 rings (SSSR count). The maximum atomic E-state index is 12.6. The lowest BCUT2D eigenvalue weighted by atomic mass is 10.1. The molecule has 2 aromatic rings. The van der Waals surface area contributed by atoms with Crippen LogP contribution in [-0.4, -0.2) is 47.6 Å². The third kappa shape index (κ3) is 3.78. The summed E-state index contributed by atoms with van der Waals surface area (Å²) < 4.78 is 0. The number of carbonyl (C=O) groups is 1. The monoisotopic (exact) mass is 387 g/mol. The first-order valence-corrected chi connectivity index (χ1v) is 9.42. The van der Waals surface area contributed by atoms with Gasteiger partial charge in [0.25, 0.3) is 0 Å². The summed E-state index contributed by atoms with van der Waals surface area (Å²) in [7, 11) is 0. The van der Waals surface area contributed by atoms with E-state index in [1.165, 1.54) is 5.56 Å². The van der Waals surface area contributed by atoms with Crippen LogP contribution in [0.3, 0.4) is 0 Å². The van der Waals surface area contributed by atoms with Crippen molar-refractivity contribution >= 4 is 40.5 Å². The Bertz CT molecular complexity index is 881. The fourth-order valence-corrected chi connectivity index (χ4v) is 3.93. The van der Waals surface area contributed by atoms with Gasteiger partial charge in [-0.3, -0.25) is 14.7 Å². The second kappa shape index (κ2) is 7.39. The molecule has 0 unspecified atom stereocenters. The average Bonchev–Trinajstić information content (AvgIpc) is 3.02. The first kappa shape index (κ1) is 17.5. The Morgan fingerprint density at radius 1 is 1.04 bits per heavy atom. The topological polar surface area (TPSA) is 35.9 Å². The minimum absolute atomic E-state index is 0.139. The van der Waals surface area contributed by atoms with Crippen LogP contribution >= 0.6 is 23.2 Å². The number of fused-ring (bicyclic) bond motifs is 1. The van der Waals surface area contributed by atoms with Gasteiger partial charge in [0.05, 0.1) is 18.8 Å². The largest absolute Gasteiger partial charge is 0.335 e. The highest BCUT2D eigenvalue weighted by molar-refractivity contribution is 6.35. The van der Waals surface area contributed by atoms with Crippen molar-refractivity contribution in [3.63, 3.8) is 0 Å². The van der Waals surface area contributed by atoms with Crippen molar-refractivity contribution < 1.29 is 4.79 Å². The molecule has 1 fully saturated rings. The van der Waals surface area contributed by atoms with Gasteiger partial charge in [-0.2, -0.15) is 0 Å². The number of halogens is 2. The maximum absolute atomic E-state index is 12.6. The smallest absolute Gasteiger partial charge is 0.237 e. The average molecular weight is 388 g/mol. The van der Waals surface area contributed by atoms with Crippen LogP contribution in [0.15, 0.2) is 47.5 Å². The summed E-state index contributed by atoms with van der Waals surface area (Å²) in [6, 6.07) is 13.6. The minimum Gasteiger partial charge on any atom is -0.335 e. The lowest BCUT2D eigenvalue weighted by Crippen LogP contribution is -2.51. The number of para-hydroxylation sites is 1. The van der Waals surface area contributed by atoms with Gasteiger partial charge >= 0.3 is 0 Å². The zero-order chi connectivity index (χ0) is 18.1. The summed E-state index contributed by atoms with van der Waals surface area (Å²) in [6.07, 6.45) is 0.837. The van der Waals surface area contributed by atoms with E-state index < -0.39 is 0 Å². The number of hydrogen-bond acceptors (Lipinski definition) is 3. The van der Waals surface area contributed by atoms with E-state index in [2.05, 4.69) is 16.0 Å². The SMILES string of the molecule is O=C1CN(Cc2ccc(Cl)cc2Cl)CCN1CC1=Nc2ccccc2C1. The molecule has 0 bridgehead atoms. The van der Waals surface area contributed by atoms with Crippen molar-refractivity contribution in [2.24, 2.45) is 4.99 Å². The van der Waals surface area contributed by atoms with Gasteiger partial charge in [0.15, 0.2) is 0 Å². The molecule has 26 heavy (non-hydrogen) atoms. The Hall–Kier alpha value is -1.88.